The first kappa shape index (κ1) is 11.9. The minimum absolute atomic E-state index is 0.195. The van der Waals surface area contributed by atoms with E-state index >= 15 is 0 Å². The van der Waals surface area contributed by atoms with Gasteiger partial charge in [-0.05, 0) is 43.7 Å². The zero-order valence-corrected chi connectivity index (χ0v) is 10.2. The first-order chi connectivity index (χ1) is 7.72. The summed E-state index contributed by atoms with van der Waals surface area (Å²) in [6, 6.07) is 5.09. The molecule has 0 radical (unpaired) electrons. The largest absolute Gasteiger partial charge is 0.316 e. The smallest absolute Gasteiger partial charge is 0.123 e. The summed E-state index contributed by atoms with van der Waals surface area (Å²) in [4.78, 5) is 0. The average molecular weight is 242 g/mol. The molecule has 0 saturated heterocycles. The van der Waals surface area contributed by atoms with Crippen molar-refractivity contribution in [2.45, 2.75) is 37.6 Å². The van der Waals surface area contributed by atoms with Crippen LogP contribution in [0.2, 0.25) is 5.02 Å². The molecule has 1 N–H and O–H groups in total. The van der Waals surface area contributed by atoms with Gasteiger partial charge in [-0.1, -0.05) is 24.4 Å². The third kappa shape index (κ3) is 2.38. The van der Waals surface area contributed by atoms with Crippen LogP contribution in [-0.4, -0.2) is 13.1 Å². The summed E-state index contributed by atoms with van der Waals surface area (Å²) in [5, 5.41) is 4.01. The van der Waals surface area contributed by atoms with Gasteiger partial charge in [-0.25, -0.2) is 4.39 Å². The maximum Gasteiger partial charge on any atom is 0.123 e. The molecule has 1 aromatic carbocycles. The minimum atomic E-state index is -0.195. The molecule has 0 spiro atoms. The second-order valence-corrected chi connectivity index (χ2v) is 4.86. The van der Waals surface area contributed by atoms with E-state index in [1.807, 2.05) is 7.05 Å². The molecular formula is C13H17ClFN. The lowest BCUT2D eigenvalue weighted by Gasteiger charge is -2.32. The fourth-order valence-electron chi connectivity index (χ4n) is 2.65. The Morgan fingerprint density at radius 1 is 1.31 bits per heavy atom. The van der Waals surface area contributed by atoms with E-state index < -0.39 is 0 Å². The van der Waals surface area contributed by atoms with Crippen LogP contribution < -0.4 is 5.32 Å². The highest BCUT2D eigenvalue weighted by atomic mass is 35.5. The third-order valence-corrected chi connectivity index (χ3v) is 3.84. The number of rotatable bonds is 2. The van der Waals surface area contributed by atoms with Crippen molar-refractivity contribution in [2.75, 3.05) is 7.05 Å². The molecule has 0 amide bonds. The van der Waals surface area contributed by atoms with Gasteiger partial charge in [0.05, 0.1) is 0 Å². The van der Waals surface area contributed by atoms with Gasteiger partial charge in [0.2, 0.25) is 0 Å². The number of hydrogen-bond acceptors (Lipinski definition) is 1. The Hall–Kier alpha value is -0.600. The third-order valence-electron chi connectivity index (χ3n) is 3.49. The maximum atomic E-state index is 13.3. The lowest BCUT2D eigenvalue weighted by atomic mass is 9.80. The molecule has 0 aliphatic heterocycles. The van der Waals surface area contributed by atoms with Gasteiger partial charge in [0.1, 0.15) is 5.82 Å². The summed E-state index contributed by atoms with van der Waals surface area (Å²) >= 11 is 6.16. The van der Waals surface area contributed by atoms with Crippen molar-refractivity contribution in [3.05, 3.63) is 34.6 Å². The average Bonchev–Trinajstić information content (AvgIpc) is 2.32. The molecule has 3 heteroatoms. The molecule has 2 atom stereocenters. The van der Waals surface area contributed by atoms with Crippen LogP contribution in [0, 0.1) is 5.82 Å². The molecule has 1 aliphatic carbocycles. The second-order valence-electron chi connectivity index (χ2n) is 4.45. The molecule has 1 aliphatic rings. The van der Waals surface area contributed by atoms with Crippen LogP contribution in [-0.2, 0) is 0 Å². The molecule has 1 saturated carbocycles. The van der Waals surface area contributed by atoms with E-state index in [1.165, 1.54) is 18.9 Å². The number of benzene rings is 1. The number of halogens is 2. The zero-order valence-electron chi connectivity index (χ0n) is 9.47. The highest BCUT2D eigenvalue weighted by Gasteiger charge is 2.26. The Bertz CT molecular complexity index is 367. The first-order valence-electron chi connectivity index (χ1n) is 5.84. The van der Waals surface area contributed by atoms with Crippen molar-refractivity contribution in [1.82, 2.24) is 5.32 Å². The van der Waals surface area contributed by atoms with Gasteiger partial charge < -0.3 is 5.32 Å². The molecule has 2 unspecified atom stereocenters. The van der Waals surface area contributed by atoms with Crippen molar-refractivity contribution >= 4 is 11.6 Å². The van der Waals surface area contributed by atoms with E-state index in [4.69, 9.17) is 11.6 Å². The van der Waals surface area contributed by atoms with Crippen LogP contribution in [0.5, 0.6) is 0 Å². The van der Waals surface area contributed by atoms with Gasteiger partial charge in [-0.3, -0.25) is 0 Å². The summed E-state index contributed by atoms with van der Waals surface area (Å²) < 4.78 is 13.3. The van der Waals surface area contributed by atoms with E-state index in [2.05, 4.69) is 5.32 Å². The quantitative estimate of drug-likeness (QED) is 0.832. The monoisotopic (exact) mass is 241 g/mol. The highest BCUT2D eigenvalue weighted by molar-refractivity contribution is 6.31. The lowest BCUT2D eigenvalue weighted by molar-refractivity contribution is 0.343. The number of likely N-dealkylation sites (N-methyl/N-ethyl adjacent to an activating group) is 1. The standard InChI is InChI=1S/C13H17ClFN/c1-16-13-5-3-2-4-10(13)11-8-9(15)6-7-12(11)14/h6-8,10,13,16H,2-5H2,1H3. The normalized spacial score (nSPS) is 25.7. The molecule has 1 fully saturated rings. The van der Waals surface area contributed by atoms with Gasteiger partial charge in [0.15, 0.2) is 0 Å². The zero-order chi connectivity index (χ0) is 11.5. The van der Waals surface area contributed by atoms with E-state index in [-0.39, 0.29) is 5.82 Å². The Morgan fingerprint density at radius 3 is 2.81 bits per heavy atom. The van der Waals surface area contributed by atoms with Crippen molar-refractivity contribution in [3.8, 4) is 0 Å². The molecule has 16 heavy (non-hydrogen) atoms. The fourth-order valence-corrected chi connectivity index (χ4v) is 2.91. The molecule has 1 aromatic rings. The van der Waals surface area contributed by atoms with Gasteiger partial charge in [-0.2, -0.15) is 0 Å². The van der Waals surface area contributed by atoms with Crippen LogP contribution >= 0.6 is 11.6 Å². The van der Waals surface area contributed by atoms with Crippen molar-refractivity contribution in [1.29, 1.82) is 0 Å². The Kier molecular flexibility index (Phi) is 3.82. The summed E-state index contributed by atoms with van der Waals surface area (Å²) in [5.74, 6) is 0.154. The van der Waals surface area contributed by atoms with Crippen LogP contribution in [0.4, 0.5) is 4.39 Å². The van der Waals surface area contributed by atoms with Gasteiger partial charge in [0.25, 0.3) is 0 Å². The summed E-state index contributed by atoms with van der Waals surface area (Å²) in [7, 11) is 1.97. The fraction of sp³-hybridized carbons (Fsp3) is 0.538. The van der Waals surface area contributed by atoms with Crippen molar-refractivity contribution in [3.63, 3.8) is 0 Å². The summed E-state index contributed by atoms with van der Waals surface area (Å²) in [5.41, 5.74) is 0.959. The van der Waals surface area contributed by atoms with Crippen LogP contribution in [0.3, 0.4) is 0 Å². The minimum Gasteiger partial charge on any atom is -0.316 e. The second kappa shape index (κ2) is 5.15. The van der Waals surface area contributed by atoms with E-state index in [0.29, 0.717) is 17.0 Å². The van der Waals surface area contributed by atoms with Crippen LogP contribution in [0.1, 0.15) is 37.2 Å². The number of hydrogen-bond donors (Lipinski definition) is 1. The molecule has 0 bridgehead atoms. The highest BCUT2D eigenvalue weighted by Crippen LogP contribution is 2.36. The summed E-state index contributed by atoms with van der Waals surface area (Å²) in [6.07, 6.45) is 4.69. The molecule has 1 nitrogen and oxygen atoms in total. The SMILES string of the molecule is CNC1CCCCC1c1cc(F)ccc1Cl. The van der Waals surface area contributed by atoms with E-state index in [9.17, 15) is 4.39 Å². The van der Waals surface area contributed by atoms with Crippen molar-refractivity contribution < 1.29 is 4.39 Å². The topological polar surface area (TPSA) is 12.0 Å². The first-order valence-corrected chi connectivity index (χ1v) is 6.22. The Labute approximate surface area is 101 Å². The lowest BCUT2D eigenvalue weighted by Crippen LogP contribution is -2.34. The molecule has 0 heterocycles. The van der Waals surface area contributed by atoms with E-state index in [0.717, 1.165) is 18.4 Å². The molecular weight excluding hydrogens is 225 g/mol. The van der Waals surface area contributed by atoms with Gasteiger partial charge in [0, 0.05) is 17.0 Å². The molecule has 88 valence electrons. The van der Waals surface area contributed by atoms with Crippen LogP contribution in [0.15, 0.2) is 18.2 Å². The van der Waals surface area contributed by atoms with E-state index in [1.54, 1.807) is 12.1 Å². The maximum absolute atomic E-state index is 13.3. The van der Waals surface area contributed by atoms with Crippen LogP contribution in [0.25, 0.3) is 0 Å². The van der Waals surface area contributed by atoms with Gasteiger partial charge >= 0.3 is 0 Å². The predicted octanol–water partition coefficient (Wildman–Crippen LogP) is 3.72. The number of nitrogens with one attached hydrogen (secondary N) is 1. The van der Waals surface area contributed by atoms with Gasteiger partial charge in [-0.15, -0.1) is 0 Å². The molecule has 2 rings (SSSR count). The Morgan fingerprint density at radius 2 is 2.06 bits per heavy atom. The molecule has 0 aromatic heterocycles. The Balaban J connectivity index is 2.30. The van der Waals surface area contributed by atoms with Crippen molar-refractivity contribution in [2.24, 2.45) is 0 Å². The summed E-state index contributed by atoms with van der Waals surface area (Å²) in [6.45, 7) is 0. The predicted molar refractivity (Wildman–Crippen MR) is 65.5 cm³/mol.